The van der Waals surface area contributed by atoms with Crippen molar-refractivity contribution in [3.05, 3.63) is 29.8 Å². The summed E-state index contributed by atoms with van der Waals surface area (Å²) in [5.74, 6) is 1.46. The standard InChI is InChI=1S/C21H33N5/c1-23-14-16-26(17-15-23)21-19(7-5-11-25-12-9-22-10-13-25)18-6-3-4-8-20(18)24(21)2/h3-4,6,8,22H,5,7,9-17H2,1-2H3. The Labute approximate surface area is 157 Å². The number of hydrogen-bond acceptors (Lipinski definition) is 4. The van der Waals surface area contributed by atoms with Crippen molar-refractivity contribution < 1.29 is 0 Å². The molecule has 0 bridgehead atoms. The number of nitrogens with one attached hydrogen (secondary N) is 1. The number of para-hydroxylation sites is 1. The topological polar surface area (TPSA) is 26.7 Å². The first-order valence-corrected chi connectivity index (χ1v) is 10.2. The van der Waals surface area contributed by atoms with Crippen LogP contribution in [0.15, 0.2) is 24.3 Å². The van der Waals surface area contributed by atoms with Crippen molar-refractivity contribution >= 4 is 16.7 Å². The van der Waals surface area contributed by atoms with Gasteiger partial charge in [0.2, 0.25) is 0 Å². The van der Waals surface area contributed by atoms with Gasteiger partial charge in [0.05, 0.1) is 0 Å². The molecule has 1 N–H and O–H groups in total. The second kappa shape index (κ2) is 7.99. The number of aromatic nitrogens is 1. The number of rotatable bonds is 5. The molecule has 0 saturated carbocycles. The van der Waals surface area contributed by atoms with Crippen molar-refractivity contribution in [2.24, 2.45) is 7.05 Å². The predicted molar refractivity (Wildman–Crippen MR) is 110 cm³/mol. The largest absolute Gasteiger partial charge is 0.355 e. The molecule has 2 aliphatic heterocycles. The zero-order valence-electron chi connectivity index (χ0n) is 16.4. The maximum Gasteiger partial charge on any atom is 0.112 e. The number of hydrogen-bond donors (Lipinski definition) is 1. The van der Waals surface area contributed by atoms with E-state index in [-0.39, 0.29) is 0 Å². The molecule has 26 heavy (non-hydrogen) atoms. The Morgan fingerprint density at radius 2 is 1.65 bits per heavy atom. The van der Waals surface area contributed by atoms with Gasteiger partial charge >= 0.3 is 0 Å². The molecule has 2 aliphatic rings. The summed E-state index contributed by atoms with van der Waals surface area (Å²) in [7, 11) is 4.48. The average Bonchev–Trinajstić information content (AvgIpc) is 2.96. The van der Waals surface area contributed by atoms with Gasteiger partial charge < -0.3 is 24.6 Å². The summed E-state index contributed by atoms with van der Waals surface area (Å²) in [5, 5.41) is 4.90. The minimum atomic E-state index is 1.13. The number of piperazine rings is 2. The van der Waals surface area contributed by atoms with Crippen LogP contribution < -0.4 is 10.2 Å². The monoisotopic (exact) mass is 355 g/mol. The molecule has 0 amide bonds. The third-order valence-corrected chi connectivity index (χ3v) is 6.09. The Morgan fingerprint density at radius 1 is 0.923 bits per heavy atom. The van der Waals surface area contributed by atoms with Gasteiger partial charge in [-0.25, -0.2) is 0 Å². The van der Waals surface area contributed by atoms with Crippen LogP contribution in [0.25, 0.3) is 10.9 Å². The Bertz CT molecular complexity index is 723. The molecule has 2 aromatic rings. The molecule has 1 aromatic carbocycles. The molecule has 0 radical (unpaired) electrons. The van der Waals surface area contributed by atoms with Crippen LogP contribution in [0.2, 0.25) is 0 Å². The Morgan fingerprint density at radius 3 is 2.42 bits per heavy atom. The highest BCUT2D eigenvalue weighted by Gasteiger charge is 2.23. The molecule has 3 heterocycles. The summed E-state index contributed by atoms with van der Waals surface area (Å²) in [6.45, 7) is 10.5. The summed E-state index contributed by atoms with van der Waals surface area (Å²) in [5.41, 5.74) is 2.93. The van der Waals surface area contributed by atoms with Crippen molar-refractivity contribution in [1.29, 1.82) is 0 Å². The molecule has 0 unspecified atom stereocenters. The molecule has 142 valence electrons. The highest BCUT2D eigenvalue weighted by Crippen LogP contribution is 2.33. The summed E-state index contributed by atoms with van der Waals surface area (Å²) in [6, 6.07) is 8.94. The molecule has 5 heteroatoms. The number of benzene rings is 1. The van der Waals surface area contributed by atoms with Crippen molar-refractivity contribution in [2.45, 2.75) is 12.8 Å². The lowest BCUT2D eigenvalue weighted by Gasteiger charge is -2.35. The van der Waals surface area contributed by atoms with Gasteiger partial charge in [-0.3, -0.25) is 0 Å². The van der Waals surface area contributed by atoms with E-state index in [1.807, 2.05) is 0 Å². The van der Waals surface area contributed by atoms with Gasteiger partial charge in [-0.1, -0.05) is 18.2 Å². The predicted octanol–water partition coefficient (Wildman–Crippen LogP) is 1.77. The van der Waals surface area contributed by atoms with Crippen molar-refractivity contribution in [3.63, 3.8) is 0 Å². The fourth-order valence-corrected chi connectivity index (χ4v) is 4.54. The molecule has 1 aromatic heterocycles. The van der Waals surface area contributed by atoms with Crippen molar-refractivity contribution in [3.8, 4) is 0 Å². The highest BCUT2D eigenvalue weighted by atomic mass is 15.3. The SMILES string of the molecule is CN1CCN(c2c(CCCN3CCNCC3)c3ccccc3n2C)CC1. The Balaban J connectivity index is 1.56. The van der Waals surface area contributed by atoms with Crippen LogP contribution >= 0.6 is 0 Å². The molecule has 4 rings (SSSR count). The van der Waals surface area contributed by atoms with Crippen LogP contribution in [0.4, 0.5) is 5.82 Å². The van der Waals surface area contributed by atoms with E-state index < -0.39 is 0 Å². The minimum absolute atomic E-state index is 1.13. The summed E-state index contributed by atoms with van der Waals surface area (Å²) < 4.78 is 2.43. The lowest BCUT2D eigenvalue weighted by molar-refractivity contribution is 0.238. The van der Waals surface area contributed by atoms with Gasteiger partial charge in [-0.2, -0.15) is 0 Å². The van der Waals surface area contributed by atoms with Gasteiger partial charge in [0.1, 0.15) is 5.82 Å². The molecular formula is C21H33N5. The number of aryl methyl sites for hydroxylation is 2. The van der Waals surface area contributed by atoms with Crippen LogP contribution in [0.3, 0.4) is 0 Å². The number of nitrogens with zero attached hydrogens (tertiary/aromatic N) is 4. The molecule has 0 aliphatic carbocycles. The van der Waals surface area contributed by atoms with E-state index in [2.05, 4.69) is 62.9 Å². The second-order valence-corrected chi connectivity index (χ2v) is 7.86. The van der Waals surface area contributed by atoms with E-state index in [4.69, 9.17) is 0 Å². The van der Waals surface area contributed by atoms with E-state index in [0.717, 1.165) is 39.3 Å². The average molecular weight is 356 g/mol. The van der Waals surface area contributed by atoms with E-state index in [0.29, 0.717) is 0 Å². The maximum atomic E-state index is 3.45. The summed E-state index contributed by atoms with van der Waals surface area (Å²) >= 11 is 0. The number of anilines is 1. The van der Waals surface area contributed by atoms with E-state index in [1.165, 1.54) is 49.2 Å². The first kappa shape index (κ1) is 17.8. The molecule has 5 nitrogen and oxygen atoms in total. The van der Waals surface area contributed by atoms with E-state index in [1.54, 1.807) is 5.56 Å². The van der Waals surface area contributed by atoms with Crippen LogP contribution in [0.5, 0.6) is 0 Å². The Hall–Kier alpha value is -1.56. The lowest BCUT2D eigenvalue weighted by Crippen LogP contribution is -2.45. The lowest BCUT2D eigenvalue weighted by atomic mass is 10.1. The number of likely N-dealkylation sites (N-methyl/N-ethyl adjacent to an activating group) is 1. The minimum Gasteiger partial charge on any atom is -0.355 e. The quantitative estimate of drug-likeness (QED) is 0.884. The van der Waals surface area contributed by atoms with Gasteiger partial charge in [0, 0.05) is 75.9 Å². The first-order valence-electron chi connectivity index (χ1n) is 10.2. The third-order valence-electron chi connectivity index (χ3n) is 6.09. The zero-order chi connectivity index (χ0) is 17.9. The van der Waals surface area contributed by atoms with Gasteiger partial charge in [-0.05, 0) is 32.5 Å². The highest BCUT2D eigenvalue weighted by molar-refractivity contribution is 5.90. The van der Waals surface area contributed by atoms with E-state index in [9.17, 15) is 0 Å². The van der Waals surface area contributed by atoms with E-state index >= 15 is 0 Å². The summed E-state index contributed by atoms with van der Waals surface area (Å²) in [6.07, 6.45) is 2.42. The summed E-state index contributed by atoms with van der Waals surface area (Å²) in [4.78, 5) is 7.65. The van der Waals surface area contributed by atoms with Crippen LogP contribution in [0, 0.1) is 0 Å². The second-order valence-electron chi connectivity index (χ2n) is 7.86. The first-order chi connectivity index (χ1) is 12.7. The van der Waals surface area contributed by atoms with Crippen molar-refractivity contribution in [2.75, 3.05) is 70.9 Å². The molecular weight excluding hydrogens is 322 g/mol. The maximum absolute atomic E-state index is 3.45. The molecule has 0 atom stereocenters. The smallest absolute Gasteiger partial charge is 0.112 e. The van der Waals surface area contributed by atoms with Gasteiger partial charge in [0.15, 0.2) is 0 Å². The zero-order valence-corrected chi connectivity index (χ0v) is 16.4. The number of fused-ring (bicyclic) bond motifs is 1. The van der Waals surface area contributed by atoms with Gasteiger partial charge in [0.25, 0.3) is 0 Å². The molecule has 2 fully saturated rings. The third kappa shape index (κ3) is 3.61. The fourth-order valence-electron chi connectivity index (χ4n) is 4.54. The van der Waals surface area contributed by atoms with Crippen LogP contribution in [0.1, 0.15) is 12.0 Å². The fraction of sp³-hybridized carbons (Fsp3) is 0.619. The normalized spacial score (nSPS) is 20.2. The van der Waals surface area contributed by atoms with Crippen LogP contribution in [-0.4, -0.2) is 80.3 Å². The Kier molecular flexibility index (Phi) is 5.48. The molecule has 0 spiro atoms. The van der Waals surface area contributed by atoms with Gasteiger partial charge in [-0.15, -0.1) is 0 Å². The molecule has 2 saturated heterocycles. The van der Waals surface area contributed by atoms with Crippen molar-refractivity contribution in [1.82, 2.24) is 19.7 Å². The van der Waals surface area contributed by atoms with Crippen LogP contribution in [-0.2, 0) is 13.5 Å².